The molecule has 2 amide bonds. The molecule has 0 bridgehead atoms. The molecule has 1 aromatic heterocycles. The molecular weight excluding hydrogens is 511 g/mol. The number of piperidine rings is 1. The van der Waals surface area contributed by atoms with Gasteiger partial charge in [0.1, 0.15) is 18.6 Å². The van der Waals surface area contributed by atoms with Crippen LogP contribution in [0.3, 0.4) is 0 Å². The fourth-order valence-corrected chi connectivity index (χ4v) is 5.06. The van der Waals surface area contributed by atoms with E-state index in [4.69, 9.17) is 17.3 Å². The van der Waals surface area contributed by atoms with Crippen LogP contribution in [0, 0.1) is 11.7 Å². The van der Waals surface area contributed by atoms with Gasteiger partial charge in [0, 0.05) is 30.6 Å². The van der Waals surface area contributed by atoms with Crippen LogP contribution in [0.1, 0.15) is 28.9 Å². The Hall–Kier alpha value is -3.34. The van der Waals surface area contributed by atoms with Crippen molar-refractivity contribution >= 4 is 40.6 Å². The summed E-state index contributed by atoms with van der Waals surface area (Å²) < 4.78 is 15.8. The highest BCUT2D eigenvalue weighted by atomic mass is 35.5. The molecule has 11 heteroatoms. The molecule has 0 saturated carbocycles. The van der Waals surface area contributed by atoms with Gasteiger partial charge in [-0.25, -0.2) is 4.39 Å². The number of nitrogens with two attached hydrogens (primary N) is 1. The van der Waals surface area contributed by atoms with Gasteiger partial charge in [0.2, 0.25) is 5.91 Å². The predicted molar refractivity (Wildman–Crippen MR) is 143 cm³/mol. The van der Waals surface area contributed by atoms with Gasteiger partial charge in [-0.2, -0.15) is 5.10 Å². The molecular formula is C27H32ClFN6O3. The van der Waals surface area contributed by atoms with E-state index in [1.54, 1.807) is 41.3 Å². The highest BCUT2D eigenvalue weighted by Gasteiger charge is 2.29. The van der Waals surface area contributed by atoms with Crippen LogP contribution in [0.15, 0.2) is 42.5 Å². The second-order valence-corrected chi connectivity index (χ2v) is 10.1. The van der Waals surface area contributed by atoms with Gasteiger partial charge in [-0.05, 0) is 51.0 Å². The fourth-order valence-electron chi connectivity index (χ4n) is 4.87. The summed E-state index contributed by atoms with van der Waals surface area (Å²) in [6.45, 7) is 2.37. The Labute approximate surface area is 225 Å². The van der Waals surface area contributed by atoms with Crippen molar-refractivity contribution in [1.29, 1.82) is 0 Å². The molecule has 1 fully saturated rings. The molecule has 0 spiro atoms. The Balaban J connectivity index is 1.54. The number of amides is 2. The van der Waals surface area contributed by atoms with Crippen LogP contribution in [0.5, 0.6) is 0 Å². The number of hydrogen-bond acceptors (Lipinski definition) is 6. The van der Waals surface area contributed by atoms with Crippen molar-refractivity contribution in [2.75, 3.05) is 33.2 Å². The van der Waals surface area contributed by atoms with Crippen molar-refractivity contribution in [2.24, 2.45) is 11.7 Å². The zero-order chi connectivity index (χ0) is 27.2. The number of benzene rings is 2. The van der Waals surface area contributed by atoms with Crippen LogP contribution in [0.4, 0.5) is 4.39 Å². The third kappa shape index (κ3) is 6.38. The second-order valence-electron chi connectivity index (χ2n) is 9.73. The summed E-state index contributed by atoms with van der Waals surface area (Å²) in [7, 11) is 2.06. The van der Waals surface area contributed by atoms with Gasteiger partial charge in [0.05, 0.1) is 16.6 Å². The van der Waals surface area contributed by atoms with Gasteiger partial charge in [0.15, 0.2) is 5.69 Å². The first-order valence-corrected chi connectivity index (χ1v) is 13.0. The number of fused-ring (bicyclic) bond motifs is 1. The summed E-state index contributed by atoms with van der Waals surface area (Å²) >= 11 is 5.88. The number of carbonyl (C=O) groups is 3. The molecule has 1 unspecified atom stereocenters. The Kier molecular flexibility index (Phi) is 9.09. The Bertz CT molecular complexity index is 1310. The zero-order valence-electron chi connectivity index (χ0n) is 21.3. The largest absolute Gasteiger partial charge is 0.364 e. The van der Waals surface area contributed by atoms with E-state index >= 15 is 0 Å². The van der Waals surface area contributed by atoms with Gasteiger partial charge >= 0.3 is 0 Å². The SMILES string of the molecule is CN1CCC(CN(C(=O)Cn2nc(C(N)=O)c3ccccc32)C(C=O)CNCc2cccc(Cl)c2F)CC1. The highest BCUT2D eigenvalue weighted by Crippen LogP contribution is 2.22. The fraction of sp³-hybridized carbons (Fsp3) is 0.407. The lowest BCUT2D eigenvalue weighted by molar-refractivity contribution is -0.138. The van der Waals surface area contributed by atoms with Crippen molar-refractivity contribution in [3.05, 3.63) is 64.6 Å². The number of nitrogens with zero attached hydrogens (tertiary/aromatic N) is 4. The van der Waals surface area contributed by atoms with Gasteiger partial charge in [-0.3, -0.25) is 14.3 Å². The van der Waals surface area contributed by atoms with Crippen molar-refractivity contribution in [3.8, 4) is 0 Å². The lowest BCUT2D eigenvalue weighted by atomic mass is 9.96. The van der Waals surface area contributed by atoms with E-state index in [0.29, 0.717) is 23.0 Å². The smallest absolute Gasteiger partial charge is 0.269 e. The molecule has 3 aromatic rings. The summed E-state index contributed by atoms with van der Waals surface area (Å²) in [6, 6.07) is 11.0. The number of rotatable bonds is 11. The normalized spacial score (nSPS) is 15.4. The average molecular weight is 543 g/mol. The molecule has 2 aromatic carbocycles. The minimum Gasteiger partial charge on any atom is -0.364 e. The number of nitrogens with one attached hydrogen (secondary N) is 1. The van der Waals surface area contributed by atoms with Crippen molar-refractivity contribution in [3.63, 3.8) is 0 Å². The van der Waals surface area contributed by atoms with E-state index < -0.39 is 17.8 Å². The van der Waals surface area contributed by atoms with E-state index in [0.717, 1.165) is 32.2 Å². The number of hydrogen-bond donors (Lipinski definition) is 2. The Morgan fingerprint density at radius 1 is 1.24 bits per heavy atom. The van der Waals surface area contributed by atoms with Gasteiger partial charge in [-0.15, -0.1) is 0 Å². The molecule has 2 heterocycles. The van der Waals surface area contributed by atoms with Crippen LogP contribution in [0.25, 0.3) is 10.9 Å². The molecule has 9 nitrogen and oxygen atoms in total. The lowest BCUT2D eigenvalue weighted by Crippen LogP contribution is -2.50. The topological polar surface area (TPSA) is 114 Å². The summed E-state index contributed by atoms with van der Waals surface area (Å²) in [5.41, 5.74) is 6.57. The summed E-state index contributed by atoms with van der Waals surface area (Å²) in [5, 5.41) is 7.99. The maximum Gasteiger partial charge on any atom is 0.269 e. The van der Waals surface area contributed by atoms with Crippen molar-refractivity contribution in [2.45, 2.75) is 32.0 Å². The van der Waals surface area contributed by atoms with E-state index in [-0.39, 0.29) is 42.2 Å². The lowest BCUT2D eigenvalue weighted by Gasteiger charge is -2.35. The molecule has 4 rings (SSSR count). The van der Waals surface area contributed by atoms with Gasteiger partial charge < -0.3 is 25.6 Å². The van der Waals surface area contributed by atoms with E-state index in [1.165, 1.54) is 10.7 Å². The first-order chi connectivity index (χ1) is 18.3. The molecule has 0 aliphatic carbocycles. The van der Waals surface area contributed by atoms with Crippen LogP contribution in [-0.4, -0.2) is 76.9 Å². The van der Waals surface area contributed by atoms with Crippen LogP contribution >= 0.6 is 11.6 Å². The third-order valence-electron chi connectivity index (χ3n) is 7.05. The standard InChI is InChI=1S/C27H32ClFN6O3/c1-33-11-9-18(10-12-33)15-34(20(17-36)14-31-13-19-5-4-7-22(28)25(19)29)24(37)16-35-23-8-3-2-6-21(23)26(32-35)27(30)38/h2-8,17-18,20,31H,9-16H2,1H3,(H2,30,38). The monoisotopic (exact) mass is 542 g/mol. The number of carbonyl (C=O) groups excluding carboxylic acids is 3. The van der Waals surface area contributed by atoms with Crippen molar-refractivity contribution < 1.29 is 18.8 Å². The molecule has 1 aliphatic rings. The number of likely N-dealkylation sites (tertiary alicyclic amines) is 1. The number of para-hydroxylation sites is 1. The minimum absolute atomic E-state index is 0.0251. The van der Waals surface area contributed by atoms with Gasteiger partial charge in [-0.1, -0.05) is 41.9 Å². The molecule has 1 aliphatic heterocycles. The predicted octanol–water partition coefficient (Wildman–Crippen LogP) is 2.46. The molecule has 202 valence electrons. The molecule has 1 atom stereocenters. The van der Waals surface area contributed by atoms with Gasteiger partial charge in [0.25, 0.3) is 5.91 Å². The van der Waals surface area contributed by atoms with E-state index in [2.05, 4.69) is 22.4 Å². The maximum absolute atomic E-state index is 14.3. The molecule has 0 radical (unpaired) electrons. The Morgan fingerprint density at radius 2 is 1.97 bits per heavy atom. The van der Waals surface area contributed by atoms with Crippen LogP contribution in [0.2, 0.25) is 5.02 Å². The minimum atomic E-state index is -0.776. The first kappa shape index (κ1) is 27.7. The van der Waals surface area contributed by atoms with Crippen LogP contribution in [-0.2, 0) is 22.7 Å². The zero-order valence-corrected chi connectivity index (χ0v) is 22.0. The third-order valence-corrected chi connectivity index (χ3v) is 7.34. The number of primary amides is 1. The molecule has 38 heavy (non-hydrogen) atoms. The van der Waals surface area contributed by atoms with Crippen molar-refractivity contribution in [1.82, 2.24) is 24.9 Å². The maximum atomic E-state index is 14.3. The highest BCUT2D eigenvalue weighted by molar-refractivity contribution is 6.30. The summed E-state index contributed by atoms with van der Waals surface area (Å²) in [5.74, 6) is -1.27. The quantitative estimate of drug-likeness (QED) is 0.360. The number of aromatic nitrogens is 2. The number of aldehydes is 1. The summed E-state index contributed by atoms with van der Waals surface area (Å²) in [6.07, 6.45) is 2.55. The second kappa shape index (κ2) is 12.5. The van der Waals surface area contributed by atoms with E-state index in [1.807, 2.05) is 0 Å². The Morgan fingerprint density at radius 3 is 2.68 bits per heavy atom. The van der Waals surface area contributed by atoms with E-state index in [9.17, 15) is 18.8 Å². The summed E-state index contributed by atoms with van der Waals surface area (Å²) in [4.78, 5) is 41.7. The first-order valence-electron chi connectivity index (χ1n) is 12.6. The molecule has 3 N–H and O–H groups in total. The average Bonchev–Trinajstić information content (AvgIpc) is 3.27. The number of halogens is 2. The molecule has 1 saturated heterocycles. The van der Waals surface area contributed by atoms with Crippen LogP contribution < -0.4 is 11.1 Å².